The van der Waals surface area contributed by atoms with E-state index in [4.69, 9.17) is 32.7 Å². The van der Waals surface area contributed by atoms with Crippen LogP contribution < -0.4 is 0 Å². The Balaban J connectivity index is 0. The van der Waals surface area contributed by atoms with E-state index in [0.29, 0.717) is 13.2 Å². The first-order chi connectivity index (χ1) is 20.5. The van der Waals surface area contributed by atoms with Crippen LogP contribution in [0, 0.1) is 5.41 Å². The van der Waals surface area contributed by atoms with Gasteiger partial charge in [-0.3, -0.25) is 18.8 Å². The van der Waals surface area contributed by atoms with Gasteiger partial charge in [0.05, 0.1) is 33.5 Å². The molecule has 0 aromatic carbocycles. The van der Waals surface area contributed by atoms with E-state index in [1.165, 1.54) is 12.2 Å². The Morgan fingerprint density at radius 2 is 1.24 bits per heavy atom. The molecule has 0 aromatic heterocycles. The summed E-state index contributed by atoms with van der Waals surface area (Å²) in [5, 5.41) is 2.98. The highest BCUT2D eigenvalue weighted by atomic mass is 31.2. The molecule has 0 radical (unpaired) electrons. The quantitative estimate of drug-likeness (QED) is 0.0590. The molecular formula is C30H64N2O11P2. The maximum atomic E-state index is 13.2. The second-order valence-electron chi connectivity index (χ2n) is 12.7. The molecule has 270 valence electrons. The number of methoxy groups -OCH3 is 1. The van der Waals surface area contributed by atoms with Crippen molar-refractivity contribution in [3.8, 4) is 0 Å². The van der Waals surface area contributed by atoms with Crippen LogP contribution in [0.25, 0.3) is 0 Å². The molecule has 0 rings (SSSR count). The van der Waals surface area contributed by atoms with Crippen LogP contribution in [-0.2, 0) is 51.4 Å². The van der Waals surface area contributed by atoms with Crippen molar-refractivity contribution in [1.82, 2.24) is 10.1 Å². The zero-order valence-electron chi connectivity index (χ0n) is 30.8. The third-order valence-electron chi connectivity index (χ3n) is 6.29. The third-order valence-corrected chi connectivity index (χ3v) is 11.4. The number of ether oxygens (including phenoxy) is 2. The Morgan fingerprint density at radius 1 is 0.778 bits per heavy atom. The molecule has 0 fully saturated rings. The highest BCUT2D eigenvalue weighted by molar-refractivity contribution is 7.58. The van der Waals surface area contributed by atoms with Gasteiger partial charge in [0.15, 0.2) is 12.2 Å². The third kappa shape index (κ3) is 16.7. The first kappa shape index (κ1) is 46.2. The van der Waals surface area contributed by atoms with E-state index in [9.17, 15) is 18.7 Å². The summed E-state index contributed by atoms with van der Waals surface area (Å²) in [7, 11) is -3.45. The molecule has 0 amide bonds. The van der Waals surface area contributed by atoms with Crippen molar-refractivity contribution in [3.05, 3.63) is 0 Å². The Labute approximate surface area is 273 Å². The fourth-order valence-electron chi connectivity index (χ4n) is 4.16. The molecule has 0 bridgehead atoms. The van der Waals surface area contributed by atoms with Gasteiger partial charge >= 0.3 is 19.5 Å². The van der Waals surface area contributed by atoms with E-state index in [-0.39, 0.29) is 18.6 Å². The highest BCUT2D eigenvalue weighted by Gasteiger charge is 2.48. The summed E-state index contributed by atoms with van der Waals surface area (Å²) in [6, 6.07) is 0. The predicted molar refractivity (Wildman–Crippen MR) is 177 cm³/mol. The van der Waals surface area contributed by atoms with Gasteiger partial charge in [0, 0.05) is 19.3 Å². The molecule has 0 spiro atoms. The fourth-order valence-corrected chi connectivity index (χ4v) is 8.68. The molecule has 0 saturated heterocycles. The lowest BCUT2D eigenvalue weighted by molar-refractivity contribution is -0.261. The van der Waals surface area contributed by atoms with Crippen LogP contribution in [-0.4, -0.2) is 98.6 Å². The molecule has 5 unspecified atom stereocenters. The van der Waals surface area contributed by atoms with Gasteiger partial charge in [-0.05, 0) is 74.1 Å². The summed E-state index contributed by atoms with van der Waals surface area (Å²) in [6.07, 6.45) is 0.173. The van der Waals surface area contributed by atoms with Gasteiger partial charge in [-0.15, -0.1) is 0 Å². The van der Waals surface area contributed by atoms with E-state index >= 15 is 0 Å². The lowest BCUT2D eigenvalue weighted by Crippen LogP contribution is -2.54. The molecule has 0 aromatic rings. The van der Waals surface area contributed by atoms with Crippen molar-refractivity contribution >= 4 is 26.9 Å². The largest absolute Gasteiger partial charge is 0.467 e. The summed E-state index contributed by atoms with van der Waals surface area (Å²) in [5.41, 5.74) is -0.869. The van der Waals surface area contributed by atoms with E-state index in [1.807, 2.05) is 55.4 Å². The second-order valence-corrected chi connectivity index (χ2v) is 17.6. The first-order valence-corrected chi connectivity index (χ1v) is 19.5. The maximum absolute atomic E-state index is 13.2. The van der Waals surface area contributed by atoms with E-state index in [2.05, 4.69) is 0 Å². The van der Waals surface area contributed by atoms with Crippen LogP contribution in [0.2, 0.25) is 0 Å². The van der Waals surface area contributed by atoms with Crippen molar-refractivity contribution in [2.24, 2.45) is 5.41 Å². The minimum Gasteiger partial charge on any atom is -0.467 e. The number of rotatable bonds is 19. The Bertz CT molecular complexity index is 943. The zero-order chi connectivity index (χ0) is 35.8. The molecule has 0 aliphatic heterocycles. The topological polar surface area (TPSA) is 139 Å². The van der Waals surface area contributed by atoms with Gasteiger partial charge in [-0.25, -0.2) is 9.59 Å². The maximum Gasteiger partial charge on any atom is 0.349 e. The van der Waals surface area contributed by atoms with Gasteiger partial charge in [0.2, 0.25) is 7.37 Å². The number of carbonyl (C=O) groups is 2. The Hall–Kier alpha value is -0.880. The van der Waals surface area contributed by atoms with Crippen molar-refractivity contribution in [2.75, 3.05) is 47.2 Å². The normalized spacial score (nSPS) is 16.7. The van der Waals surface area contributed by atoms with E-state index < -0.39 is 56.2 Å². The lowest BCUT2D eigenvalue weighted by atomic mass is 9.94. The van der Waals surface area contributed by atoms with Gasteiger partial charge in [-0.2, -0.15) is 10.1 Å². The van der Waals surface area contributed by atoms with Crippen LogP contribution >= 0.6 is 15.0 Å². The first-order valence-electron chi connectivity index (χ1n) is 15.7. The summed E-state index contributed by atoms with van der Waals surface area (Å²) in [5.74, 6) is -2.08. The molecule has 0 saturated carbocycles. The predicted octanol–water partition coefficient (Wildman–Crippen LogP) is 7.09. The van der Waals surface area contributed by atoms with Gasteiger partial charge in [0.25, 0.3) is 0 Å². The van der Waals surface area contributed by atoms with E-state index in [1.54, 1.807) is 53.4 Å². The number of hydroxylamine groups is 4. The van der Waals surface area contributed by atoms with Crippen LogP contribution in [0.15, 0.2) is 0 Å². The molecule has 0 aliphatic rings. The molecule has 45 heavy (non-hydrogen) atoms. The minimum absolute atomic E-state index is 0.268. The molecule has 0 aliphatic carbocycles. The fraction of sp³-hybridized carbons (Fsp3) is 0.933. The monoisotopic (exact) mass is 690 g/mol. The van der Waals surface area contributed by atoms with Crippen molar-refractivity contribution < 1.29 is 51.4 Å². The number of esters is 2. The van der Waals surface area contributed by atoms with Crippen LogP contribution in [0.5, 0.6) is 0 Å². The van der Waals surface area contributed by atoms with Crippen LogP contribution in [0.3, 0.4) is 0 Å². The van der Waals surface area contributed by atoms with Gasteiger partial charge < -0.3 is 23.0 Å². The second kappa shape index (κ2) is 21.2. The average Bonchev–Trinajstić information content (AvgIpc) is 2.90. The van der Waals surface area contributed by atoms with Crippen LogP contribution in [0.1, 0.15) is 103 Å². The van der Waals surface area contributed by atoms with Crippen molar-refractivity contribution in [3.63, 3.8) is 0 Å². The Kier molecular flexibility index (Phi) is 21.7. The average molecular weight is 691 g/mol. The van der Waals surface area contributed by atoms with E-state index in [0.717, 1.165) is 12.8 Å². The molecule has 13 nitrogen and oxygen atoms in total. The molecule has 15 heteroatoms. The standard InChI is InChI=1S/C16H34NO5P.C14H30NO6P/c1-11-21-23(10,19)14(15(3,4)5)17(16(6,7)8)22-12(2)13(18)20-9;1-7-10-11-18-14(16)12(4)21-15(6)13(5)22(17,19-8-2)20-9-3/h12,14H,11H2,1-10H3;12-13H,7-11H2,1-6H3. The smallest absolute Gasteiger partial charge is 0.349 e. The van der Waals surface area contributed by atoms with Crippen molar-refractivity contribution in [1.29, 1.82) is 0 Å². The molecule has 0 heterocycles. The number of nitrogens with zero attached hydrogens (tertiary/aromatic N) is 2. The summed E-state index contributed by atoms with van der Waals surface area (Å²) in [4.78, 5) is 34.9. The molecule has 5 atom stereocenters. The van der Waals surface area contributed by atoms with Crippen molar-refractivity contribution in [2.45, 2.75) is 132 Å². The summed E-state index contributed by atoms with van der Waals surface area (Å²) < 4.78 is 51.8. The lowest BCUT2D eigenvalue weighted by Gasteiger charge is -2.48. The molecular weight excluding hydrogens is 626 g/mol. The number of carbonyl (C=O) groups excluding carboxylic acids is 2. The minimum atomic E-state index is -3.33. The zero-order valence-corrected chi connectivity index (χ0v) is 32.6. The summed E-state index contributed by atoms with van der Waals surface area (Å²) in [6.45, 7) is 26.9. The molecule has 0 N–H and O–H groups in total. The number of unbranched alkanes of at least 4 members (excludes halogenated alkanes) is 1. The number of hydrogen-bond acceptors (Lipinski definition) is 13. The SMILES string of the molecule is CCCCOC(=O)C(C)ON(C)C(C)P(=O)(OCC)OCC.CCOP(C)(=O)C(N(OC(C)C(=O)OC)C(C)(C)C)C(C)(C)C. The van der Waals surface area contributed by atoms with Gasteiger partial charge in [0.1, 0.15) is 11.6 Å². The van der Waals surface area contributed by atoms with Crippen LogP contribution in [0.4, 0.5) is 0 Å². The van der Waals surface area contributed by atoms with Gasteiger partial charge in [-0.1, -0.05) is 34.1 Å². The highest BCUT2D eigenvalue weighted by Crippen LogP contribution is 2.57. The summed E-state index contributed by atoms with van der Waals surface area (Å²) >= 11 is 0. The Morgan fingerprint density at radius 3 is 1.62 bits per heavy atom. The number of hydrogen-bond donors (Lipinski definition) is 0.